The molecule has 0 saturated carbocycles. The molecule has 0 bridgehead atoms. The fourth-order valence-corrected chi connectivity index (χ4v) is 0.330. The van der Waals surface area contributed by atoms with Crippen LogP contribution in [0.25, 0.3) is 0 Å². The van der Waals surface area contributed by atoms with Gasteiger partial charge in [-0.2, -0.15) is 0 Å². The highest BCUT2D eigenvalue weighted by Gasteiger charge is 2.01. The number of carbonyl (C=O) groups is 2. The lowest BCUT2D eigenvalue weighted by Crippen LogP contribution is -2.29. The number of hydrogen-bond donors (Lipinski definition) is 2. The minimum Gasteiger partial charge on any atom is -0.480 e. The van der Waals surface area contributed by atoms with Gasteiger partial charge >= 0.3 is 12.1 Å². The summed E-state index contributed by atoms with van der Waals surface area (Å²) < 4.78 is 4.38. The second kappa shape index (κ2) is 10.7. The predicted molar refractivity (Wildman–Crippen MR) is 48.6 cm³/mol. The normalized spacial score (nSPS) is 7.92. The fourth-order valence-electron chi connectivity index (χ4n) is 0.330. The Kier molecular flexibility index (Phi) is 11.8. The van der Waals surface area contributed by atoms with E-state index in [1.807, 2.05) is 5.32 Å². The van der Waals surface area contributed by atoms with Crippen LogP contribution in [0.15, 0.2) is 0 Å². The third-order valence-electron chi connectivity index (χ3n) is 0.659. The van der Waals surface area contributed by atoms with Crippen LogP contribution in [-0.2, 0) is 9.53 Å². The first kappa shape index (κ1) is 14.3. The SMILES string of the molecule is CCC.CCOC(=O)NCC(=O)O. The van der Waals surface area contributed by atoms with E-state index in [2.05, 4.69) is 18.6 Å². The highest BCUT2D eigenvalue weighted by molar-refractivity contribution is 5.76. The largest absolute Gasteiger partial charge is 0.480 e. The summed E-state index contributed by atoms with van der Waals surface area (Å²) in [6, 6.07) is 0. The van der Waals surface area contributed by atoms with Gasteiger partial charge in [-0.1, -0.05) is 20.3 Å². The zero-order chi connectivity index (χ0) is 10.7. The van der Waals surface area contributed by atoms with E-state index in [1.54, 1.807) is 6.92 Å². The van der Waals surface area contributed by atoms with E-state index in [-0.39, 0.29) is 6.61 Å². The smallest absolute Gasteiger partial charge is 0.407 e. The Morgan fingerprint density at radius 3 is 2.08 bits per heavy atom. The molecule has 5 heteroatoms. The van der Waals surface area contributed by atoms with Crippen molar-refractivity contribution in [3.8, 4) is 0 Å². The van der Waals surface area contributed by atoms with Gasteiger partial charge in [0.05, 0.1) is 6.61 Å². The van der Waals surface area contributed by atoms with Crippen LogP contribution in [0.4, 0.5) is 4.79 Å². The van der Waals surface area contributed by atoms with Crippen molar-refractivity contribution < 1.29 is 19.4 Å². The number of ether oxygens (including phenoxy) is 1. The Bertz CT molecular complexity index is 147. The van der Waals surface area contributed by atoms with Gasteiger partial charge in [-0.05, 0) is 6.92 Å². The second-order valence-corrected chi connectivity index (χ2v) is 2.17. The quantitative estimate of drug-likeness (QED) is 0.703. The van der Waals surface area contributed by atoms with Crippen LogP contribution < -0.4 is 5.32 Å². The summed E-state index contributed by atoms with van der Waals surface area (Å²) in [6.07, 6.45) is 0.546. The third kappa shape index (κ3) is 18.1. The maximum absolute atomic E-state index is 10.4. The van der Waals surface area contributed by atoms with Gasteiger partial charge < -0.3 is 15.2 Å². The van der Waals surface area contributed by atoms with Crippen LogP contribution in [-0.4, -0.2) is 30.3 Å². The Hall–Kier alpha value is -1.26. The van der Waals surface area contributed by atoms with E-state index in [0.717, 1.165) is 0 Å². The Labute approximate surface area is 78.1 Å². The third-order valence-corrected chi connectivity index (χ3v) is 0.659. The first-order valence-electron chi connectivity index (χ1n) is 4.20. The number of alkyl carbamates (subject to hydrolysis) is 1. The maximum Gasteiger partial charge on any atom is 0.407 e. The molecule has 0 unspecified atom stereocenters. The van der Waals surface area contributed by atoms with E-state index in [4.69, 9.17) is 5.11 Å². The molecule has 0 spiro atoms. The lowest BCUT2D eigenvalue weighted by Gasteiger charge is -2.00. The monoisotopic (exact) mass is 191 g/mol. The molecule has 13 heavy (non-hydrogen) atoms. The Balaban J connectivity index is 0. The molecule has 0 atom stereocenters. The summed E-state index contributed by atoms with van der Waals surface area (Å²) in [5.74, 6) is -1.09. The molecule has 0 aliphatic heterocycles. The summed E-state index contributed by atoms with van der Waals surface area (Å²) in [7, 11) is 0. The van der Waals surface area contributed by atoms with Crippen LogP contribution in [0.5, 0.6) is 0 Å². The fraction of sp³-hybridized carbons (Fsp3) is 0.750. The average molecular weight is 191 g/mol. The van der Waals surface area contributed by atoms with Gasteiger partial charge in [0.1, 0.15) is 6.54 Å². The molecule has 0 aliphatic carbocycles. The molecule has 0 radical (unpaired) electrons. The van der Waals surface area contributed by atoms with Crippen molar-refractivity contribution in [1.82, 2.24) is 5.32 Å². The van der Waals surface area contributed by atoms with Crippen LogP contribution in [0, 0.1) is 0 Å². The van der Waals surface area contributed by atoms with E-state index in [0.29, 0.717) is 0 Å². The number of carbonyl (C=O) groups excluding carboxylic acids is 1. The van der Waals surface area contributed by atoms with Crippen molar-refractivity contribution in [1.29, 1.82) is 0 Å². The van der Waals surface area contributed by atoms with Crippen molar-refractivity contribution in [3.63, 3.8) is 0 Å². The minimum atomic E-state index is -1.09. The first-order chi connectivity index (χ1) is 6.08. The molecule has 0 aromatic heterocycles. The molecule has 0 heterocycles. The van der Waals surface area contributed by atoms with Gasteiger partial charge in [-0.3, -0.25) is 4.79 Å². The van der Waals surface area contributed by atoms with Crippen LogP contribution in [0.1, 0.15) is 27.2 Å². The van der Waals surface area contributed by atoms with Crippen LogP contribution >= 0.6 is 0 Å². The van der Waals surface area contributed by atoms with Crippen LogP contribution in [0.2, 0.25) is 0 Å². The highest BCUT2D eigenvalue weighted by Crippen LogP contribution is 1.74. The van der Waals surface area contributed by atoms with Gasteiger partial charge in [0.15, 0.2) is 0 Å². The van der Waals surface area contributed by atoms with Gasteiger partial charge in [0, 0.05) is 0 Å². The Morgan fingerprint density at radius 1 is 1.31 bits per heavy atom. The summed E-state index contributed by atoms with van der Waals surface area (Å²) in [4.78, 5) is 20.2. The lowest BCUT2D eigenvalue weighted by molar-refractivity contribution is -0.135. The number of carboxylic acid groups (broad SMARTS) is 1. The average Bonchev–Trinajstić information content (AvgIpc) is 2.03. The predicted octanol–water partition coefficient (Wildman–Crippen LogP) is 1.23. The molecule has 5 nitrogen and oxygen atoms in total. The summed E-state index contributed by atoms with van der Waals surface area (Å²) in [5.41, 5.74) is 0. The van der Waals surface area contributed by atoms with Crippen molar-refractivity contribution in [2.75, 3.05) is 13.2 Å². The number of amides is 1. The molecule has 0 rings (SSSR count). The number of nitrogens with one attached hydrogen (secondary N) is 1. The van der Waals surface area contributed by atoms with Crippen molar-refractivity contribution in [2.45, 2.75) is 27.2 Å². The molecule has 0 aliphatic rings. The molecule has 2 N–H and O–H groups in total. The highest BCUT2D eigenvalue weighted by atomic mass is 16.5. The number of rotatable bonds is 3. The molecule has 78 valence electrons. The van der Waals surface area contributed by atoms with E-state index in [9.17, 15) is 9.59 Å². The van der Waals surface area contributed by atoms with Gasteiger partial charge in [0.25, 0.3) is 0 Å². The summed E-state index contributed by atoms with van der Waals surface area (Å²) in [6.45, 7) is 5.73. The van der Waals surface area contributed by atoms with Crippen molar-refractivity contribution >= 4 is 12.1 Å². The molecule has 0 aromatic carbocycles. The summed E-state index contributed by atoms with van der Waals surface area (Å²) >= 11 is 0. The maximum atomic E-state index is 10.4. The molecule has 0 fully saturated rings. The number of carboxylic acids is 1. The van der Waals surface area contributed by atoms with Gasteiger partial charge in [-0.15, -0.1) is 0 Å². The molecule has 0 saturated heterocycles. The van der Waals surface area contributed by atoms with E-state index in [1.165, 1.54) is 6.42 Å². The topological polar surface area (TPSA) is 75.6 Å². The number of hydrogen-bond acceptors (Lipinski definition) is 3. The molecule has 0 aromatic rings. The van der Waals surface area contributed by atoms with Crippen molar-refractivity contribution in [3.05, 3.63) is 0 Å². The zero-order valence-corrected chi connectivity index (χ0v) is 8.29. The molecule has 1 amide bonds. The summed E-state index contributed by atoms with van der Waals surface area (Å²) in [5, 5.41) is 10.1. The van der Waals surface area contributed by atoms with Gasteiger partial charge in [-0.25, -0.2) is 4.79 Å². The van der Waals surface area contributed by atoms with Gasteiger partial charge in [0.2, 0.25) is 0 Å². The zero-order valence-electron chi connectivity index (χ0n) is 8.29. The molecular weight excluding hydrogens is 174 g/mol. The number of aliphatic carboxylic acids is 1. The first-order valence-corrected chi connectivity index (χ1v) is 4.20. The van der Waals surface area contributed by atoms with Crippen molar-refractivity contribution in [2.24, 2.45) is 0 Å². The van der Waals surface area contributed by atoms with E-state index < -0.39 is 18.6 Å². The van der Waals surface area contributed by atoms with Crippen LogP contribution in [0.3, 0.4) is 0 Å². The van der Waals surface area contributed by atoms with E-state index >= 15 is 0 Å². The Morgan fingerprint density at radius 2 is 1.77 bits per heavy atom. The lowest BCUT2D eigenvalue weighted by atomic mass is 10.6. The minimum absolute atomic E-state index is 0.242. The second-order valence-electron chi connectivity index (χ2n) is 2.17. The standard InChI is InChI=1S/C5H9NO4.C3H8/c1-2-10-5(9)6-3-4(7)8;1-3-2/h2-3H2,1H3,(H,6,9)(H,7,8);3H2,1-2H3. The molecular formula is C8H17NO4.